The Morgan fingerprint density at radius 3 is 2.42 bits per heavy atom. The van der Waals surface area contributed by atoms with Gasteiger partial charge in [-0.1, -0.05) is 11.8 Å². The Hall–Kier alpha value is -4.06. The van der Waals surface area contributed by atoms with Gasteiger partial charge in [0.2, 0.25) is 5.95 Å². The molecule has 1 atom stereocenters. The number of hydrogen-bond donors (Lipinski definition) is 2. The molecule has 0 radical (unpaired) electrons. The average molecular weight is 420 g/mol. The number of nitrogens with two attached hydrogens (primary N) is 1. The van der Waals surface area contributed by atoms with Gasteiger partial charge in [-0.15, -0.1) is 0 Å². The predicted molar refractivity (Wildman–Crippen MR) is 111 cm³/mol. The van der Waals surface area contributed by atoms with Crippen LogP contribution in [0.15, 0.2) is 42.9 Å². The molecule has 156 valence electrons. The SMILES string of the molecule is C[C@H](NC(=O)N1CCc2ncc(C#Cc3cnc(N)nc3)cc21)c1cc(F)cc(F)c1. The van der Waals surface area contributed by atoms with E-state index in [4.69, 9.17) is 5.73 Å². The molecule has 31 heavy (non-hydrogen) atoms. The standard InChI is InChI=1S/C22H18F2N6O/c1-13(16-7-17(23)9-18(24)8-16)29-22(31)30-5-4-19-20(30)6-14(10-26-19)2-3-15-11-27-21(25)28-12-15/h6-13H,4-5H2,1H3,(H,29,31)(H2,25,27,28)/t13-/m0/s1. The fraction of sp³-hybridized carbons (Fsp3) is 0.182. The third-order valence-electron chi connectivity index (χ3n) is 4.80. The molecule has 0 spiro atoms. The van der Waals surface area contributed by atoms with Crippen molar-refractivity contribution in [3.8, 4) is 11.8 Å². The Kier molecular flexibility index (Phi) is 5.45. The van der Waals surface area contributed by atoms with Crippen LogP contribution in [0.25, 0.3) is 0 Å². The van der Waals surface area contributed by atoms with E-state index in [0.29, 0.717) is 35.3 Å². The summed E-state index contributed by atoms with van der Waals surface area (Å²) in [4.78, 5) is 26.5. The summed E-state index contributed by atoms with van der Waals surface area (Å²) in [7, 11) is 0. The van der Waals surface area contributed by atoms with Crippen molar-refractivity contribution in [1.82, 2.24) is 20.3 Å². The summed E-state index contributed by atoms with van der Waals surface area (Å²) in [6, 6.07) is 4.01. The van der Waals surface area contributed by atoms with Crippen molar-refractivity contribution in [2.24, 2.45) is 0 Å². The van der Waals surface area contributed by atoms with Crippen LogP contribution in [-0.4, -0.2) is 27.5 Å². The maximum Gasteiger partial charge on any atom is 0.322 e. The number of carbonyl (C=O) groups is 1. The maximum atomic E-state index is 13.5. The molecule has 0 saturated carbocycles. The Morgan fingerprint density at radius 1 is 1.06 bits per heavy atom. The van der Waals surface area contributed by atoms with E-state index in [1.54, 1.807) is 24.1 Å². The maximum absolute atomic E-state index is 13.5. The van der Waals surface area contributed by atoms with Crippen molar-refractivity contribution >= 4 is 17.7 Å². The Bertz CT molecular complexity index is 1180. The molecule has 1 aliphatic rings. The molecule has 1 aromatic carbocycles. The van der Waals surface area contributed by atoms with E-state index in [2.05, 4.69) is 32.1 Å². The average Bonchev–Trinajstić information content (AvgIpc) is 3.16. The number of hydrogen-bond acceptors (Lipinski definition) is 5. The van der Waals surface area contributed by atoms with E-state index in [-0.39, 0.29) is 12.0 Å². The van der Waals surface area contributed by atoms with E-state index in [1.165, 1.54) is 24.5 Å². The minimum atomic E-state index is -0.693. The first kappa shape index (κ1) is 20.2. The van der Waals surface area contributed by atoms with Gasteiger partial charge in [0.15, 0.2) is 0 Å². The van der Waals surface area contributed by atoms with Crippen LogP contribution < -0.4 is 16.0 Å². The Labute approximate surface area is 177 Å². The van der Waals surface area contributed by atoms with E-state index in [9.17, 15) is 13.6 Å². The molecule has 2 aromatic heterocycles. The van der Waals surface area contributed by atoms with E-state index in [0.717, 1.165) is 11.8 Å². The summed E-state index contributed by atoms with van der Waals surface area (Å²) in [6.45, 7) is 2.11. The monoisotopic (exact) mass is 420 g/mol. The third-order valence-corrected chi connectivity index (χ3v) is 4.80. The lowest BCUT2D eigenvalue weighted by Crippen LogP contribution is -2.40. The third kappa shape index (κ3) is 4.59. The van der Waals surface area contributed by atoms with Crippen molar-refractivity contribution in [3.05, 3.63) is 76.9 Å². The van der Waals surface area contributed by atoms with Crippen LogP contribution in [0, 0.1) is 23.5 Å². The number of rotatable bonds is 2. The predicted octanol–water partition coefficient (Wildman–Crippen LogP) is 2.97. The van der Waals surface area contributed by atoms with Crippen LogP contribution in [0.3, 0.4) is 0 Å². The number of nitrogen functional groups attached to an aromatic ring is 1. The fourth-order valence-corrected chi connectivity index (χ4v) is 3.24. The fourth-order valence-electron chi connectivity index (χ4n) is 3.24. The first-order valence-electron chi connectivity index (χ1n) is 9.51. The number of urea groups is 1. The highest BCUT2D eigenvalue weighted by molar-refractivity contribution is 5.94. The summed E-state index contributed by atoms with van der Waals surface area (Å²) < 4.78 is 27.0. The highest BCUT2D eigenvalue weighted by atomic mass is 19.1. The van der Waals surface area contributed by atoms with Gasteiger partial charge in [0.25, 0.3) is 0 Å². The van der Waals surface area contributed by atoms with Crippen molar-refractivity contribution in [2.75, 3.05) is 17.2 Å². The van der Waals surface area contributed by atoms with Gasteiger partial charge in [0, 0.05) is 43.2 Å². The molecule has 0 fully saturated rings. The number of benzene rings is 1. The van der Waals surface area contributed by atoms with Gasteiger partial charge in [-0.05, 0) is 30.7 Å². The van der Waals surface area contributed by atoms with Crippen molar-refractivity contribution < 1.29 is 13.6 Å². The van der Waals surface area contributed by atoms with Gasteiger partial charge in [-0.2, -0.15) is 0 Å². The number of aromatic nitrogens is 3. The topological polar surface area (TPSA) is 97.0 Å². The van der Waals surface area contributed by atoms with Crippen molar-refractivity contribution in [1.29, 1.82) is 0 Å². The number of nitrogens with one attached hydrogen (secondary N) is 1. The number of carbonyl (C=O) groups excluding carboxylic acids is 1. The Morgan fingerprint density at radius 2 is 1.71 bits per heavy atom. The van der Waals surface area contributed by atoms with Crippen LogP contribution in [-0.2, 0) is 6.42 Å². The van der Waals surface area contributed by atoms with E-state index >= 15 is 0 Å². The molecular weight excluding hydrogens is 402 g/mol. The second kappa shape index (κ2) is 8.36. The van der Waals surface area contributed by atoms with Crippen LogP contribution in [0.2, 0.25) is 0 Å². The molecule has 7 nitrogen and oxygen atoms in total. The van der Waals surface area contributed by atoms with Crippen LogP contribution in [0.5, 0.6) is 0 Å². The van der Waals surface area contributed by atoms with Crippen molar-refractivity contribution in [3.63, 3.8) is 0 Å². The molecule has 0 bridgehead atoms. The van der Waals surface area contributed by atoms with Crippen molar-refractivity contribution in [2.45, 2.75) is 19.4 Å². The zero-order valence-corrected chi connectivity index (χ0v) is 16.6. The van der Waals surface area contributed by atoms with Gasteiger partial charge >= 0.3 is 6.03 Å². The molecule has 9 heteroatoms. The van der Waals surface area contributed by atoms with Gasteiger partial charge in [-0.25, -0.2) is 23.5 Å². The summed E-state index contributed by atoms with van der Waals surface area (Å²) in [5.74, 6) is 4.68. The lowest BCUT2D eigenvalue weighted by atomic mass is 10.1. The van der Waals surface area contributed by atoms with Crippen LogP contribution >= 0.6 is 0 Å². The van der Waals surface area contributed by atoms with E-state index in [1.807, 2.05) is 0 Å². The number of nitrogens with zero attached hydrogens (tertiary/aromatic N) is 4. The second-order valence-corrected chi connectivity index (χ2v) is 7.05. The lowest BCUT2D eigenvalue weighted by molar-refractivity contribution is 0.244. The van der Waals surface area contributed by atoms with Gasteiger partial charge in [0.1, 0.15) is 11.6 Å². The second-order valence-electron chi connectivity index (χ2n) is 7.05. The highest BCUT2D eigenvalue weighted by Gasteiger charge is 2.27. The number of fused-ring (bicyclic) bond motifs is 1. The highest BCUT2D eigenvalue weighted by Crippen LogP contribution is 2.27. The summed E-state index contributed by atoms with van der Waals surface area (Å²) in [6.07, 6.45) is 5.29. The summed E-state index contributed by atoms with van der Waals surface area (Å²) >= 11 is 0. The zero-order valence-electron chi connectivity index (χ0n) is 16.6. The summed E-state index contributed by atoms with van der Waals surface area (Å²) in [5, 5.41) is 2.78. The lowest BCUT2D eigenvalue weighted by Gasteiger charge is -2.22. The molecule has 4 rings (SSSR count). The molecule has 2 amide bonds. The minimum Gasteiger partial charge on any atom is -0.368 e. The molecular formula is C22H18F2N6O. The molecule has 3 N–H and O–H groups in total. The Balaban J connectivity index is 1.51. The molecule has 3 heterocycles. The first-order chi connectivity index (χ1) is 14.9. The van der Waals surface area contributed by atoms with Crippen LogP contribution in [0.4, 0.5) is 25.2 Å². The smallest absolute Gasteiger partial charge is 0.322 e. The normalized spacial score (nSPS) is 13.2. The molecule has 0 aliphatic carbocycles. The molecule has 1 aliphatic heterocycles. The molecule has 0 saturated heterocycles. The molecule has 0 unspecified atom stereocenters. The number of pyridine rings is 1. The zero-order chi connectivity index (χ0) is 22.0. The number of halogens is 2. The summed E-state index contributed by atoms with van der Waals surface area (Å²) in [5.41, 5.74) is 8.45. The van der Waals surface area contributed by atoms with Gasteiger partial charge in [-0.3, -0.25) is 9.88 Å². The quantitative estimate of drug-likeness (QED) is 0.622. The largest absolute Gasteiger partial charge is 0.368 e. The minimum absolute atomic E-state index is 0.168. The first-order valence-corrected chi connectivity index (χ1v) is 9.51. The number of amides is 2. The van der Waals surface area contributed by atoms with E-state index < -0.39 is 17.7 Å². The molecule has 3 aromatic rings. The van der Waals surface area contributed by atoms with Gasteiger partial charge < -0.3 is 11.1 Å². The van der Waals surface area contributed by atoms with Crippen LogP contribution in [0.1, 0.15) is 35.3 Å². The van der Waals surface area contributed by atoms with Gasteiger partial charge in [0.05, 0.1) is 23.0 Å². The number of anilines is 2.